The summed E-state index contributed by atoms with van der Waals surface area (Å²) in [7, 11) is 1.53. The second-order valence-electron chi connectivity index (χ2n) is 3.91. The summed E-state index contributed by atoms with van der Waals surface area (Å²) in [5.41, 5.74) is 1.70. The van der Waals surface area contributed by atoms with E-state index < -0.39 is 5.97 Å². The fraction of sp³-hybridized carbons (Fsp3) is 0.250. The molecule has 0 aliphatic rings. The minimum absolute atomic E-state index is 0.155. The zero-order valence-corrected chi connectivity index (χ0v) is 10.0. The van der Waals surface area contributed by atoms with E-state index in [9.17, 15) is 9.70 Å². The van der Waals surface area contributed by atoms with Gasteiger partial charge < -0.3 is 9.84 Å². The molecule has 1 aromatic heterocycles. The molecule has 2 rings (SSSR count). The van der Waals surface area contributed by atoms with Crippen LogP contribution in [0.25, 0.3) is 10.9 Å². The lowest BCUT2D eigenvalue weighted by molar-refractivity contribution is -0.136. The summed E-state index contributed by atoms with van der Waals surface area (Å²) >= 11 is 0. The first kappa shape index (κ1) is 12.1. The molecule has 0 fully saturated rings. The van der Waals surface area contributed by atoms with E-state index in [0.717, 1.165) is 0 Å². The van der Waals surface area contributed by atoms with Crippen molar-refractivity contribution in [1.82, 2.24) is 4.68 Å². The highest BCUT2D eigenvalue weighted by Gasteiger charge is 2.17. The van der Waals surface area contributed by atoms with Gasteiger partial charge in [0, 0.05) is 11.1 Å². The summed E-state index contributed by atoms with van der Waals surface area (Å²) in [6, 6.07) is 5.10. The summed E-state index contributed by atoms with van der Waals surface area (Å²) < 4.78 is 6.30. The highest BCUT2D eigenvalue weighted by molar-refractivity contribution is 5.90. The minimum Gasteiger partial charge on any atom is -0.497 e. The predicted molar refractivity (Wildman–Crippen MR) is 65.8 cm³/mol. The van der Waals surface area contributed by atoms with Gasteiger partial charge in [-0.25, -0.2) is 4.68 Å². The molecular weight excluding hydrogens is 236 g/mol. The maximum atomic E-state index is 10.9. The predicted octanol–water partition coefficient (Wildman–Crippen LogP) is 2.11. The van der Waals surface area contributed by atoms with Crippen molar-refractivity contribution in [3.63, 3.8) is 0 Å². The number of ether oxygens (including phenoxy) is 1. The van der Waals surface area contributed by atoms with Crippen LogP contribution in [0.3, 0.4) is 0 Å². The van der Waals surface area contributed by atoms with E-state index in [0.29, 0.717) is 27.9 Å². The Balaban J connectivity index is 2.76. The van der Waals surface area contributed by atoms with Gasteiger partial charge in [0.15, 0.2) is 0 Å². The summed E-state index contributed by atoms with van der Waals surface area (Å²) in [5, 5.41) is 12.5. The molecule has 0 unspecified atom stereocenters. The van der Waals surface area contributed by atoms with Crippen molar-refractivity contribution in [2.75, 3.05) is 7.11 Å². The molecule has 0 aliphatic heterocycles. The Morgan fingerprint density at radius 3 is 2.78 bits per heavy atom. The average Bonchev–Trinajstić information content (AvgIpc) is 2.61. The van der Waals surface area contributed by atoms with Crippen molar-refractivity contribution in [2.45, 2.75) is 13.3 Å². The number of hydrogen-bond acceptors (Lipinski definition) is 4. The Morgan fingerprint density at radius 2 is 2.22 bits per heavy atom. The first-order valence-electron chi connectivity index (χ1n) is 5.32. The van der Waals surface area contributed by atoms with E-state index in [1.54, 1.807) is 25.1 Å². The molecule has 6 heteroatoms. The van der Waals surface area contributed by atoms with Gasteiger partial charge in [-0.05, 0) is 30.7 Å². The molecule has 0 aliphatic carbocycles. The molecular formula is C12H12N2O4. The number of fused-ring (bicyclic) bond motifs is 1. The topological polar surface area (TPSA) is 80.9 Å². The standard InChI is InChI=1S/C12H12N2O4/c1-7-9(6-12(15)16)10-5-8(18-2)3-4-11(10)14(7)13-17/h3-5H,6H2,1-2H3,(H,15,16). The fourth-order valence-corrected chi connectivity index (χ4v) is 2.05. The first-order valence-corrected chi connectivity index (χ1v) is 5.32. The van der Waals surface area contributed by atoms with Gasteiger partial charge in [-0.1, -0.05) is 0 Å². The van der Waals surface area contributed by atoms with Crippen molar-refractivity contribution in [1.29, 1.82) is 0 Å². The van der Waals surface area contributed by atoms with E-state index in [1.165, 1.54) is 11.8 Å². The number of hydrogen-bond donors (Lipinski definition) is 1. The second-order valence-corrected chi connectivity index (χ2v) is 3.91. The number of rotatable bonds is 4. The zero-order valence-electron chi connectivity index (χ0n) is 10.0. The number of carboxylic acid groups (broad SMARTS) is 1. The lowest BCUT2D eigenvalue weighted by Gasteiger charge is -2.00. The summed E-state index contributed by atoms with van der Waals surface area (Å²) in [6.45, 7) is 1.67. The number of carboxylic acids is 1. The van der Waals surface area contributed by atoms with Crippen LogP contribution >= 0.6 is 0 Å². The van der Waals surface area contributed by atoms with Crippen LogP contribution in [0, 0.1) is 11.8 Å². The number of aliphatic carboxylic acids is 1. The average molecular weight is 248 g/mol. The molecule has 6 nitrogen and oxygen atoms in total. The Bertz CT molecular complexity index is 631. The molecule has 0 bridgehead atoms. The molecule has 1 N–H and O–H groups in total. The summed E-state index contributed by atoms with van der Waals surface area (Å²) in [5.74, 6) is -0.344. The third kappa shape index (κ3) is 1.81. The van der Waals surface area contributed by atoms with E-state index in [-0.39, 0.29) is 6.42 Å². The largest absolute Gasteiger partial charge is 0.497 e. The fourth-order valence-electron chi connectivity index (χ4n) is 2.05. The van der Waals surface area contributed by atoms with E-state index in [4.69, 9.17) is 9.84 Å². The number of nitrogens with zero attached hydrogens (tertiary/aromatic N) is 2. The van der Waals surface area contributed by atoms with E-state index >= 15 is 0 Å². The SMILES string of the molecule is COc1ccc2c(c1)c(CC(=O)O)c(C)n2N=O. The van der Waals surface area contributed by atoms with Crippen LogP contribution in [-0.4, -0.2) is 22.9 Å². The molecule has 0 atom stereocenters. The van der Waals surface area contributed by atoms with Crippen molar-refractivity contribution >= 4 is 16.9 Å². The molecule has 2 aromatic rings. The maximum Gasteiger partial charge on any atom is 0.307 e. The highest BCUT2D eigenvalue weighted by Crippen LogP contribution is 2.29. The van der Waals surface area contributed by atoms with Gasteiger partial charge in [-0.15, -0.1) is 4.91 Å². The van der Waals surface area contributed by atoms with Gasteiger partial charge in [0.2, 0.25) is 0 Å². The summed E-state index contributed by atoms with van der Waals surface area (Å²) in [4.78, 5) is 21.7. The van der Waals surface area contributed by atoms with Gasteiger partial charge in [0.05, 0.1) is 24.3 Å². The molecule has 94 valence electrons. The van der Waals surface area contributed by atoms with Gasteiger partial charge in [-0.2, -0.15) is 0 Å². The van der Waals surface area contributed by atoms with Crippen molar-refractivity contribution in [3.8, 4) is 5.75 Å². The molecule has 0 amide bonds. The Morgan fingerprint density at radius 1 is 1.50 bits per heavy atom. The molecule has 0 radical (unpaired) electrons. The Kier molecular flexibility index (Phi) is 3.01. The van der Waals surface area contributed by atoms with Gasteiger partial charge in [0.1, 0.15) is 5.75 Å². The van der Waals surface area contributed by atoms with Gasteiger partial charge >= 0.3 is 5.97 Å². The number of aromatic nitrogens is 1. The van der Waals surface area contributed by atoms with Crippen LogP contribution in [0.4, 0.5) is 0 Å². The maximum absolute atomic E-state index is 10.9. The molecule has 18 heavy (non-hydrogen) atoms. The Hall–Kier alpha value is -2.37. The lowest BCUT2D eigenvalue weighted by atomic mass is 10.1. The summed E-state index contributed by atoms with van der Waals surface area (Å²) in [6.07, 6.45) is -0.155. The van der Waals surface area contributed by atoms with Crippen LogP contribution in [0.2, 0.25) is 0 Å². The van der Waals surface area contributed by atoms with Crippen molar-refractivity contribution < 1.29 is 14.6 Å². The van der Waals surface area contributed by atoms with E-state index in [1.807, 2.05) is 0 Å². The first-order chi connectivity index (χ1) is 8.58. The number of benzene rings is 1. The van der Waals surface area contributed by atoms with E-state index in [2.05, 4.69) is 5.29 Å². The van der Waals surface area contributed by atoms with Crippen molar-refractivity contribution in [3.05, 3.63) is 34.4 Å². The van der Waals surface area contributed by atoms with Gasteiger partial charge in [0.25, 0.3) is 0 Å². The van der Waals surface area contributed by atoms with Gasteiger partial charge in [-0.3, -0.25) is 4.79 Å². The lowest BCUT2D eigenvalue weighted by Crippen LogP contribution is -2.01. The molecule has 0 saturated heterocycles. The quantitative estimate of drug-likeness (QED) is 0.840. The van der Waals surface area contributed by atoms with Crippen LogP contribution < -0.4 is 4.74 Å². The highest BCUT2D eigenvalue weighted by atomic mass is 16.5. The third-order valence-electron chi connectivity index (χ3n) is 2.92. The smallest absolute Gasteiger partial charge is 0.307 e. The zero-order chi connectivity index (χ0) is 13.3. The second kappa shape index (κ2) is 4.48. The van der Waals surface area contributed by atoms with Crippen molar-refractivity contribution in [2.24, 2.45) is 5.29 Å². The normalized spacial score (nSPS) is 10.6. The number of carbonyl (C=O) groups is 1. The molecule has 1 heterocycles. The number of methoxy groups -OCH3 is 1. The van der Waals surface area contributed by atoms with Crippen LogP contribution in [0.1, 0.15) is 11.3 Å². The minimum atomic E-state index is -0.953. The Labute approximate surface area is 103 Å². The van der Waals surface area contributed by atoms with Crippen LogP contribution in [-0.2, 0) is 11.2 Å². The molecule has 0 spiro atoms. The van der Waals surface area contributed by atoms with Crippen LogP contribution in [0.15, 0.2) is 23.5 Å². The third-order valence-corrected chi connectivity index (χ3v) is 2.92. The number of nitroso groups, excluding NO2 is 1. The molecule has 0 saturated carbocycles. The monoisotopic (exact) mass is 248 g/mol. The van der Waals surface area contributed by atoms with Crippen LogP contribution in [0.5, 0.6) is 5.75 Å². The molecule has 1 aromatic carbocycles.